The van der Waals surface area contributed by atoms with Crippen LogP contribution in [-0.4, -0.2) is 27.9 Å². The first kappa shape index (κ1) is 21.6. The number of aromatic nitrogens is 2. The van der Waals surface area contributed by atoms with Gasteiger partial charge >= 0.3 is 5.97 Å². The first-order valence-electron chi connectivity index (χ1n) is 11.4. The van der Waals surface area contributed by atoms with Gasteiger partial charge in [0.25, 0.3) is 0 Å². The number of rotatable bonds is 6. The van der Waals surface area contributed by atoms with Gasteiger partial charge in [0.15, 0.2) is 5.78 Å². The SMILES string of the molecule is CCOC(=O)c1cccc2c1C(=O)C(c1nccn1Cc1ccccc1)C(c1ccccc1)N2. The number of fused-ring (bicyclic) bond motifs is 1. The van der Waals surface area contributed by atoms with E-state index in [0.717, 1.165) is 11.1 Å². The third-order valence-corrected chi connectivity index (χ3v) is 6.11. The first-order chi connectivity index (χ1) is 16.7. The molecule has 0 fully saturated rings. The number of benzene rings is 3. The highest BCUT2D eigenvalue weighted by Crippen LogP contribution is 2.43. The highest BCUT2D eigenvalue weighted by atomic mass is 16.5. The van der Waals surface area contributed by atoms with Gasteiger partial charge in [0, 0.05) is 24.6 Å². The highest BCUT2D eigenvalue weighted by Gasteiger charge is 2.41. The Hall–Kier alpha value is -4.19. The third kappa shape index (κ3) is 3.99. The Kier molecular flexibility index (Phi) is 5.95. The molecule has 0 aliphatic carbocycles. The summed E-state index contributed by atoms with van der Waals surface area (Å²) in [5, 5.41) is 3.53. The van der Waals surface area contributed by atoms with E-state index in [-0.39, 0.29) is 24.0 Å². The fraction of sp³-hybridized carbons (Fsp3) is 0.179. The van der Waals surface area contributed by atoms with Crippen molar-refractivity contribution in [2.24, 2.45) is 0 Å². The van der Waals surface area contributed by atoms with Crippen LogP contribution >= 0.6 is 0 Å². The molecule has 5 rings (SSSR count). The molecule has 4 aromatic rings. The molecule has 0 bridgehead atoms. The van der Waals surface area contributed by atoms with Gasteiger partial charge in [-0.05, 0) is 30.2 Å². The number of ether oxygens (including phenoxy) is 1. The number of ketones is 1. The lowest BCUT2D eigenvalue weighted by Crippen LogP contribution is -2.35. The minimum absolute atomic E-state index is 0.147. The predicted molar refractivity (Wildman–Crippen MR) is 130 cm³/mol. The van der Waals surface area contributed by atoms with Crippen molar-refractivity contribution in [3.8, 4) is 0 Å². The number of hydrogen-bond acceptors (Lipinski definition) is 5. The molecular weight excluding hydrogens is 426 g/mol. The van der Waals surface area contributed by atoms with E-state index in [1.54, 1.807) is 25.3 Å². The molecule has 0 spiro atoms. The van der Waals surface area contributed by atoms with Crippen LogP contribution in [0.1, 0.15) is 56.6 Å². The molecule has 34 heavy (non-hydrogen) atoms. The van der Waals surface area contributed by atoms with Crippen LogP contribution in [0.2, 0.25) is 0 Å². The average Bonchev–Trinajstić information content (AvgIpc) is 3.32. The Labute approximate surface area is 198 Å². The summed E-state index contributed by atoms with van der Waals surface area (Å²) >= 11 is 0. The van der Waals surface area contributed by atoms with Gasteiger partial charge in [0.05, 0.1) is 23.8 Å². The van der Waals surface area contributed by atoms with E-state index < -0.39 is 11.9 Å². The van der Waals surface area contributed by atoms with Gasteiger partial charge in [-0.15, -0.1) is 0 Å². The van der Waals surface area contributed by atoms with Crippen molar-refractivity contribution in [2.45, 2.75) is 25.4 Å². The molecule has 0 amide bonds. The zero-order valence-corrected chi connectivity index (χ0v) is 18.8. The van der Waals surface area contributed by atoms with Gasteiger partial charge in [-0.2, -0.15) is 0 Å². The van der Waals surface area contributed by atoms with Gasteiger partial charge in [0.2, 0.25) is 0 Å². The summed E-state index contributed by atoms with van der Waals surface area (Å²) in [5.74, 6) is -0.616. The predicted octanol–water partition coefficient (Wildman–Crippen LogP) is 5.24. The van der Waals surface area contributed by atoms with Crippen molar-refractivity contribution in [1.29, 1.82) is 0 Å². The summed E-state index contributed by atoms with van der Waals surface area (Å²) in [5.41, 5.74) is 3.34. The molecule has 6 nitrogen and oxygen atoms in total. The summed E-state index contributed by atoms with van der Waals surface area (Å²) in [6.07, 6.45) is 3.62. The van der Waals surface area contributed by atoms with Crippen molar-refractivity contribution >= 4 is 17.4 Å². The van der Waals surface area contributed by atoms with E-state index in [2.05, 4.69) is 10.3 Å². The number of esters is 1. The van der Waals surface area contributed by atoms with E-state index in [4.69, 9.17) is 4.74 Å². The lowest BCUT2D eigenvalue weighted by molar-refractivity contribution is 0.0522. The molecule has 3 aromatic carbocycles. The maximum atomic E-state index is 14.1. The van der Waals surface area contributed by atoms with E-state index in [1.807, 2.05) is 77.5 Å². The van der Waals surface area contributed by atoms with Crippen molar-refractivity contribution < 1.29 is 14.3 Å². The number of carbonyl (C=O) groups excluding carboxylic acids is 2. The molecule has 6 heteroatoms. The van der Waals surface area contributed by atoms with Crippen LogP contribution in [0, 0.1) is 0 Å². The standard InChI is InChI=1S/C28H25N3O3/c1-2-34-28(33)21-14-9-15-22-23(21)26(32)24(25(30-22)20-12-7-4-8-13-20)27-29-16-17-31(27)18-19-10-5-3-6-11-19/h3-17,24-25,30H,2,18H2,1H3. The Morgan fingerprint density at radius 2 is 1.74 bits per heavy atom. The van der Waals surface area contributed by atoms with Gasteiger partial charge in [0.1, 0.15) is 11.7 Å². The fourth-order valence-corrected chi connectivity index (χ4v) is 4.59. The molecule has 1 aliphatic heterocycles. The van der Waals surface area contributed by atoms with Gasteiger partial charge in [-0.1, -0.05) is 66.7 Å². The summed E-state index contributed by atoms with van der Waals surface area (Å²) in [4.78, 5) is 31.5. The van der Waals surface area contributed by atoms with Gasteiger partial charge in [-0.3, -0.25) is 4.79 Å². The summed E-state index contributed by atoms with van der Waals surface area (Å²) < 4.78 is 7.25. The number of anilines is 1. The monoisotopic (exact) mass is 451 g/mol. The number of hydrogen-bond donors (Lipinski definition) is 1. The Morgan fingerprint density at radius 3 is 2.47 bits per heavy atom. The molecule has 1 aromatic heterocycles. The number of nitrogens with zero attached hydrogens (tertiary/aromatic N) is 2. The van der Waals surface area contributed by atoms with Gasteiger partial charge < -0.3 is 14.6 Å². The molecule has 1 aliphatic rings. The minimum Gasteiger partial charge on any atom is -0.462 e. The number of Topliss-reactive ketones (excluding diaryl/α,β-unsaturated/α-hetero) is 1. The summed E-state index contributed by atoms with van der Waals surface area (Å²) in [6.45, 7) is 2.58. The molecule has 2 heterocycles. The molecule has 170 valence electrons. The van der Waals surface area contributed by atoms with Crippen LogP contribution in [0.15, 0.2) is 91.3 Å². The van der Waals surface area contributed by atoms with Crippen molar-refractivity contribution in [1.82, 2.24) is 9.55 Å². The quantitative estimate of drug-likeness (QED) is 0.406. The molecular formula is C28H25N3O3. The van der Waals surface area contributed by atoms with E-state index in [0.29, 0.717) is 23.6 Å². The maximum Gasteiger partial charge on any atom is 0.338 e. The van der Waals surface area contributed by atoms with Crippen LogP contribution < -0.4 is 5.32 Å². The zero-order chi connectivity index (χ0) is 23.5. The Balaban J connectivity index is 1.63. The van der Waals surface area contributed by atoms with Crippen LogP contribution in [0.3, 0.4) is 0 Å². The molecule has 1 N–H and O–H groups in total. The first-order valence-corrected chi connectivity index (χ1v) is 11.4. The van der Waals surface area contributed by atoms with Crippen molar-refractivity contribution in [3.05, 3.63) is 119 Å². The third-order valence-electron chi connectivity index (χ3n) is 6.11. The molecule has 2 atom stereocenters. The van der Waals surface area contributed by atoms with Crippen LogP contribution in [0.4, 0.5) is 5.69 Å². The topological polar surface area (TPSA) is 73.2 Å². The number of imidazole rings is 1. The summed E-state index contributed by atoms with van der Waals surface area (Å²) in [6, 6.07) is 24.8. The molecule has 0 saturated carbocycles. The Bertz CT molecular complexity index is 1320. The molecule has 0 saturated heterocycles. The highest BCUT2D eigenvalue weighted by molar-refractivity contribution is 6.14. The van der Waals surface area contributed by atoms with Crippen molar-refractivity contribution in [2.75, 3.05) is 11.9 Å². The smallest absolute Gasteiger partial charge is 0.338 e. The van der Waals surface area contributed by atoms with Gasteiger partial charge in [-0.25, -0.2) is 9.78 Å². The average molecular weight is 452 g/mol. The van der Waals surface area contributed by atoms with E-state index in [9.17, 15) is 9.59 Å². The molecule has 0 radical (unpaired) electrons. The Morgan fingerprint density at radius 1 is 1.00 bits per heavy atom. The summed E-state index contributed by atoms with van der Waals surface area (Å²) in [7, 11) is 0. The van der Waals surface area contributed by atoms with Crippen LogP contribution in [0.5, 0.6) is 0 Å². The second-order valence-electron chi connectivity index (χ2n) is 8.22. The van der Waals surface area contributed by atoms with Crippen LogP contribution in [0.25, 0.3) is 0 Å². The zero-order valence-electron chi connectivity index (χ0n) is 18.8. The second kappa shape index (κ2) is 9.35. The lowest BCUT2D eigenvalue weighted by Gasteiger charge is -2.34. The largest absolute Gasteiger partial charge is 0.462 e. The molecule has 2 unspecified atom stereocenters. The number of nitrogens with one attached hydrogen (secondary N) is 1. The fourth-order valence-electron chi connectivity index (χ4n) is 4.59. The minimum atomic E-state index is -0.621. The van der Waals surface area contributed by atoms with E-state index >= 15 is 0 Å². The maximum absolute atomic E-state index is 14.1. The van der Waals surface area contributed by atoms with Crippen LogP contribution in [-0.2, 0) is 11.3 Å². The normalized spacial score (nSPS) is 17.0. The van der Waals surface area contributed by atoms with E-state index in [1.165, 1.54) is 0 Å². The lowest BCUT2D eigenvalue weighted by atomic mass is 9.80. The second-order valence-corrected chi connectivity index (χ2v) is 8.22. The van der Waals surface area contributed by atoms with Crippen molar-refractivity contribution in [3.63, 3.8) is 0 Å². The number of carbonyl (C=O) groups is 2.